The molecule has 0 radical (unpaired) electrons. The van der Waals surface area contributed by atoms with Gasteiger partial charge in [0, 0.05) is 16.3 Å². The van der Waals surface area contributed by atoms with E-state index in [0.717, 1.165) is 16.4 Å². The fourth-order valence-electron chi connectivity index (χ4n) is 1.58. The van der Waals surface area contributed by atoms with Crippen molar-refractivity contribution in [3.63, 3.8) is 0 Å². The Morgan fingerprint density at radius 3 is 2.58 bits per heavy atom. The second-order valence-electron chi connectivity index (χ2n) is 4.20. The molecule has 0 aliphatic rings. The lowest BCUT2D eigenvalue weighted by molar-refractivity contribution is 0.344. The van der Waals surface area contributed by atoms with Crippen molar-refractivity contribution in [2.24, 2.45) is 0 Å². The third kappa shape index (κ3) is 4.37. The predicted molar refractivity (Wildman–Crippen MR) is 83.3 cm³/mol. The van der Waals surface area contributed by atoms with Crippen molar-refractivity contribution >= 4 is 29.1 Å². The second kappa shape index (κ2) is 6.73. The number of benzene rings is 2. The van der Waals surface area contributed by atoms with Gasteiger partial charge in [0.1, 0.15) is 5.75 Å². The van der Waals surface area contributed by atoms with Crippen LogP contribution in [0.4, 0.5) is 5.69 Å². The van der Waals surface area contributed by atoms with E-state index in [1.165, 1.54) is 5.56 Å². The zero-order valence-electron chi connectivity index (χ0n) is 10.7. The number of hydrogen-bond acceptors (Lipinski definition) is 3. The Kier molecular flexibility index (Phi) is 5.00. The van der Waals surface area contributed by atoms with Gasteiger partial charge >= 0.3 is 0 Å². The van der Waals surface area contributed by atoms with Gasteiger partial charge in [0.05, 0.1) is 11.6 Å². The minimum Gasteiger partial charge on any atom is -0.493 e. The van der Waals surface area contributed by atoms with Crippen molar-refractivity contribution in [1.29, 1.82) is 0 Å². The quantitative estimate of drug-likeness (QED) is 0.504. The van der Waals surface area contributed by atoms with Gasteiger partial charge in [-0.25, -0.2) is 0 Å². The summed E-state index contributed by atoms with van der Waals surface area (Å²) in [6.07, 6.45) is 0. The average Bonchev–Trinajstić information content (AvgIpc) is 2.39. The van der Waals surface area contributed by atoms with Crippen LogP contribution in [0.25, 0.3) is 0 Å². The topological polar surface area (TPSA) is 35.2 Å². The highest BCUT2D eigenvalue weighted by Gasteiger charge is 2.01. The van der Waals surface area contributed by atoms with E-state index < -0.39 is 0 Å². The standard InChI is InChI=1S/C15H16ClNOS/c1-11-2-5-13(6-3-11)18-8-9-19-15-7-4-12(17)10-14(15)16/h2-7,10H,8-9,17H2,1H3. The molecule has 0 atom stereocenters. The SMILES string of the molecule is Cc1ccc(OCCSc2ccc(N)cc2Cl)cc1. The molecule has 4 heteroatoms. The van der Waals surface area contributed by atoms with Crippen LogP contribution in [0.5, 0.6) is 5.75 Å². The molecule has 19 heavy (non-hydrogen) atoms. The van der Waals surface area contributed by atoms with E-state index in [2.05, 4.69) is 6.92 Å². The van der Waals surface area contributed by atoms with Crippen LogP contribution >= 0.6 is 23.4 Å². The summed E-state index contributed by atoms with van der Waals surface area (Å²) in [6, 6.07) is 13.6. The maximum Gasteiger partial charge on any atom is 0.119 e. The number of nitrogen functional groups attached to an aromatic ring is 1. The second-order valence-corrected chi connectivity index (χ2v) is 5.74. The van der Waals surface area contributed by atoms with Crippen molar-refractivity contribution in [3.8, 4) is 5.75 Å². The van der Waals surface area contributed by atoms with Gasteiger partial charge in [-0.2, -0.15) is 0 Å². The molecule has 100 valence electrons. The molecule has 0 spiro atoms. The fraction of sp³-hybridized carbons (Fsp3) is 0.200. The minimum atomic E-state index is 0.647. The Morgan fingerprint density at radius 1 is 1.16 bits per heavy atom. The summed E-state index contributed by atoms with van der Waals surface area (Å²) in [5.41, 5.74) is 7.57. The zero-order valence-corrected chi connectivity index (χ0v) is 12.3. The summed E-state index contributed by atoms with van der Waals surface area (Å²) >= 11 is 7.77. The molecule has 0 amide bonds. The van der Waals surface area contributed by atoms with Crippen LogP contribution in [0.1, 0.15) is 5.56 Å². The minimum absolute atomic E-state index is 0.647. The molecule has 0 saturated carbocycles. The molecule has 2 nitrogen and oxygen atoms in total. The Morgan fingerprint density at radius 2 is 1.89 bits per heavy atom. The lowest BCUT2D eigenvalue weighted by Gasteiger charge is -2.07. The van der Waals surface area contributed by atoms with Gasteiger partial charge in [0.25, 0.3) is 0 Å². The molecular formula is C15H16ClNOS. The van der Waals surface area contributed by atoms with Gasteiger partial charge < -0.3 is 10.5 Å². The smallest absolute Gasteiger partial charge is 0.119 e. The van der Waals surface area contributed by atoms with Crippen LogP contribution in [-0.2, 0) is 0 Å². The van der Waals surface area contributed by atoms with Crippen LogP contribution in [0, 0.1) is 6.92 Å². The summed E-state index contributed by atoms with van der Waals surface area (Å²) in [7, 11) is 0. The number of rotatable bonds is 5. The van der Waals surface area contributed by atoms with E-state index in [-0.39, 0.29) is 0 Å². The van der Waals surface area contributed by atoms with Gasteiger partial charge in [0.2, 0.25) is 0 Å². The lowest BCUT2D eigenvalue weighted by atomic mass is 10.2. The molecule has 0 bridgehead atoms. The van der Waals surface area contributed by atoms with Gasteiger partial charge in [0.15, 0.2) is 0 Å². The zero-order chi connectivity index (χ0) is 13.7. The summed E-state index contributed by atoms with van der Waals surface area (Å²) in [5, 5.41) is 0.695. The van der Waals surface area contributed by atoms with Crippen LogP contribution in [0.15, 0.2) is 47.4 Å². The molecule has 0 fully saturated rings. The largest absolute Gasteiger partial charge is 0.493 e. The molecule has 0 saturated heterocycles. The van der Waals surface area contributed by atoms with Crippen molar-refractivity contribution in [2.45, 2.75) is 11.8 Å². The highest BCUT2D eigenvalue weighted by molar-refractivity contribution is 7.99. The van der Waals surface area contributed by atoms with E-state index in [4.69, 9.17) is 22.1 Å². The van der Waals surface area contributed by atoms with Gasteiger partial charge in [-0.1, -0.05) is 29.3 Å². The fourth-order valence-corrected chi connectivity index (χ4v) is 2.68. The first kappa shape index (κ1) is 14.1. The lowest BCUT2D eigenvalue weighted by Crippen LogP contribution is -2.00. The molecule has 0 unspecified atom stereocenters. The number of thioether (sulfide) groups is 1. The molecule has 2 aromatic carbocycles. The highest BCUT2D eigenvalue weighted by atomic mass is 35.5. The Hall–Kier alpha value is -1.32. The summed E-state index contributed by atoms with van der Waals surface area (Å²) in [4.78, 5) is 1.03. The summed E-state index contributed by atoms with van der Waals surface area (Å²) < 4.78 is 5.66. The maximum atomic E-state index is 6.10. The van der Waals surface area contributed by atoms with Gasteiger partial charge in [-0.05, 0) is 37.3 Å². The first-order valence-corrected chi connectivity index (χ1v) is 7.39. The number of ether oxygens (including phenoxy) is 1. The monoisotopic (exact) mass is 293 g/mol. The predicted octanol–water partition coefficient (Wildman–Crippen LogP) is 4.40. The van der Waals surface area contributed by atoms with Crippen molar-refractivity contribution < 1.29 is 4.74 Å². The molecule has 0 aromatic heterocycles. The normalized spacial score (nSPS) is 10.4. The van der Waals surface area contributed by atoms with Gasteiger partial charge in [-0.3, -0.25) is 0 Å². The molecule has 2 rings (SSSR count). The number of anilines is 1. The van der Waals surface area contributed by atoms with Gasteiger partial charge in [-0.15, -0.1) is 11.8 Å². The van der Waals surface area contributed by atoms with E-state index in [9.17, 15) is 0 Å². The van der Waals surface area contributed by atoms with Crippen LogP contribution in [0.2, 0.25) is 5.02 Å². The van der Waals surface area contributed by atoms with Crippen molar-refractivity contribution in [3.05, 3.63) is 53.1 Å². The first-order chi connectivity index (χ1) is 9.15. The number of nitrogens with two attached hydrogens (primary N) is 1. The first-order valence-electron chi connectivity index (χ1n) is 6.02. The van der Waals surface area contributed by atoms with Crippen molar-refractivity contribution in [2.75, 3.05) is 18.1 Å². The van der Waals surface area contributed by atoms with Crippen LogP contribution in [0.3, 0.4) is 0 Å². The summed E-state index contributed by atoms with van der Waals surface area (Å²) in [5.74, 6) is 1.74. The average molecular weight is 294 g/mol. The van der Waals surface area contributed by atoms with Crippen molar-refractivity contribution in [1.82, 2.24) is 0 Å². The third-order valence-electron chi connectivity index (χ3n) is 2.59. The highest BCUT2D eigenvalue weighted by Crippen LogP contribution is 2.28. The molecule has 0 heterocycles. The van der Waals surface area contributed by atoms with E-state index in [0.29, 0.717) is 17.3 Å². The Labute approximate surface area is 122 Å². The van der Waals surface area contributed by atoms with E-state index in [1.807, 2.05) is 36.4 Å². The van der Waals surface area contributed by atoms with E-state index in [1.54, 1.807) is 17.8 Å². The number of hydrogen-bond donors (Lipinski definition) is 1. The molecule has 2 N–H and O–H groups in total. The molecule has 0 aliphatic heterocycles. The van der Waals surface area contributed by atoms with Crippen LogP contribution in [-0.4, -0.2) is 12.4 Å². The van der Waals surface area contributed by atoms with Crippen LogP contribution < -0.4 is 10.5 Å². The van der Waals surface area contributed by atoms with E-state index >= 15 is 0 Å². The third-order valence-corrected chi connectivity index (χ3v) is 4.05. The Bertz CT molecular complexity index is 542. The molecule has 2 aromatic rings. The maximum absolute atomic E-state index is 6.10. The number of aryl methyl sites for hydroxylation is 1. The summed E-state index contributed by atoms with van der Waals surface area (Å²) in [6.45, 7) is 2.71. The Balaban J connectivity index is 1.79. The molecule has 0 aliphatic carbocycles. The molecular weight excluding hydrogens is 278 g/mol. The number of halogens is 1.